The number of amides is 2. The number of carbonyl (C=O) groups excluding carboxylic acids is 2. The highest BCUT2D eigenvalue weighted by atomic mass is 16.5. The number of carbonyl (C=O) groups is 2. The predicted molar refractivity (Wildman–Crippen MR) is 76.7 cm³/mol. The third-order valence-electron chi connectivity index (χ3n) is 4.29. The van der Waals surface area contributed by atoms with Gasteiger partial charge in [-0.05, 0) is 12.8 Å². The van der Waals surface area contributed by atoms with Gasteiger partial charge >= 0.3 is 0 Å². The predicted octanol–water partition coefficient (Wildman–Crippen LogP) is -1.24. The molecule has 7 heteroatoms. The summed E-state index contributed by atoms with van der Waals surface area (Å²) in [5.74, 6) is -0.207. The molecule has 1 atom stereocenters. The van der Waals surface area contributed by atoms with E-state index in [9.17, 15) is 14.7 Å². The number of β-amino-alcohol motifs (C(OH)–C–C–N with tert-alkyl or cyclic N) is 1. The van der Waals surface area contributed by atoms with Gasteiger partial charge in [0.1, 0.15) is 0 Å². The first-order chi connectivity index (χ1) is 9.96. The van der Waals surface area contributed by atoms with E-state index in [0.29, 0.717) is 39.2 Å². The van der Waals surface area contributed by atoms with Crippen LogP contribution < -0.4 is 0 Å². The number of methoxy groups -OCH3 is 1. The molecule has 2 rings (SSSR count). The topological polar surface area (TPSA) is 73.3 Å². The summed E-state index contributed by atoms with van der Waals surface area (Å²) in [6.45, 7) is 3.45. The quantitative estimate of drug-likeness (QED) is 0.687. The molecule has 2 aliphatic heterocycles. The number of likely N-dealkylation sites (N-methyl/N-ethyl adjacent to an activating group) is 1. The monoisotopic (exact) mass is 299 g/mol. The second kappa shape index (κ2) is 6.72. The normalized spacial score (nSPS) is 28.3. The van der Waals surface area contributed by atoms with Crippen molar-refractivity contribution in [2.45, 2.75) is 18.4 Å². The number of ether oxygens (including phenoxy) is 1. The number of piperidine rings is 1. The van der Waals surface area contributed by atoms with Crippen LogP contribution >= 0.6 is 0 Å². The van der Waals surface area contributed by atoms with E-state index in [1.165, 1.54) is 0 Å². The lowest BCUT2D eigenvalue weighted by atomic mass is 9.91. The van der Waals surface area contributed by atoms with Gasteiger partial charge in [-0.2, -0.15) is 0 Å². The highest BCUT2D eigenvalue weighted by Gasteiger charge is 2.43. The van der Waals surface area contributed by atoms with E-state index in [-0.39, 0.29) is 24.9 Å². The van der Waals surface area contributed by atoms with E-state index in [1.54, 1.807) is 24.0 Å². The van der Waals surface area contributed by atoms with E-state index in [0.717, 1.165) is 6.42 Å². The number of likely N-dealkylation sites (tertiary alicyclic amines) is 1. The SMILES string of the molecule is COCCN1CCC[C@@](O)(CN2CCN(C)C(=O)C2)C1=O. The summed E-state index contributed by atoms with van der Waals surface area (Å²) in [5, 5.41) is 10.7. The van der Waals surface area contributed by atoms with E-state index in [1.807, 2.05) is 4.90 Å². The van der Waals surface area contributed by atoms with Crippen LogP contribution in [0.25, 0.3) is 0 Å². The Morgan fingerprint density at radius 2 is 2.05 bits per heavy atom. The van der Waals surface area contributed by atoms with Crippen LogP contribution in [0, 0.1) is 0 Å². The van der Waals surface area contributed by atoms with Gasteiger partial charge in [0.05, 0.1) is 13.2 Å². The molecule has 2 amide bonds. The van der Waals surface area contributed by atoms with Crippen molar-refractivity contribution in [1.29, 1.82) is 0 Å². The lowest BCUT2D eigenvalue weighted by Crippen LogP contribution is -2.61. The highest BCUT2D eigenvalue weighted by Crippen LogP contribution is 2.24. The van der Waals surface area contributed by atoms with Crippen LogP contribution in [0.1, 0.15) is 12.8 Å². The second-order valence-electron chi connectivity index (χ2n) is 5.95. The molecule has 0 aromatic carbocycles. The summed E-state index contributed by atoms with van der Waals surface area (Å²) < 4.78 is 5.00. The smallest absolute Gasteiger partial charge is 0.255 e. The summed E-state index contributed by atoms with van der Waals surface area (Å²) in [6.07, 6.45) is 1.23. The van der Waals surface area contributed by atoms with Crippen LogP contribution in [-0.4, -0.2) is 97.3 Å². The Balaban J connectivity index is 1.96. The van der Waals surface area contributed by atoms with E-state index >= 15 is 0 Å². The van der Waals surface area contributed by atoms with Crippen LogP contribution in [0.4, 0.5) is 0 Å². The molecule has 0 radical (unpaired) electrons. The summed E-state index contributed by atoms with van der Waals surface area (Å²) in [4.78, 5) is 29.4. The summed E-state index contributed by atoms with van der Waals surface area (Å²) in [5.41, 5.74) is -1.37. The molecule has 0 saturated carbocycles. The average Bonchev–Trinajstić information content (AvgIpc) is 2.45. The second-order valence-corrected chi connectivity index (χ2v) is 5.95. The molecule has 0 aromatic heterocycles. The van der Waals surface area contributed by atoms with Crippen molar-refractivity contribution in [2.75, 3.05) is 60.0 Å². The number of hydrogen-bond donors (Lipinski definition) is 1. The Labute approximate surface area is 125 Å². The largest absolute Gasteiger partial charge is 0.383 e. The number of nitrogens with zero attached hydrogens (tertiary/aromatic N) is 3. The highest BCUT2D eigenvalue weighted by molar-refractivity contribution is 5.86. The van der Waals surface area contributed by atoms with Crippen molar-refractivity contribution in [2.24, 2.45) is 0 Å². The maximum atomic E-state index is 12.5. The van der Waals surface area contributed by atoms with Gasteiger partial charge in [0, 0.05) is 46.9 Å². The molecule has 0 unspecified atom stereocenters. The van der Waals surface area contributed by atoms with Crippen molar-refractivity contribution in [3.63, 3.8) is 0 Å². The third-order valence-corrected chi connectivity index (χ3v) is 4.29. The minimum Gasteiger partial charge on any atom is -0.383 e. The standard InChI is InChI=1S/C14H25N3O4/c1-15-6-7-16(10-12(15)18)11-14(20)4-3-5-17(13(14)19)8-9-21-2/h20H,3-11H2,1-2H3/t14-/m1/s1. The Morgan fingerprint density at radius 3 is 2.71 bits per heavy atom. The summed E-state index contributed by atoms with van der Waals surface area (Å²) in [6, 6.07) is 0. The molecule has 0 bridgehead atoms. The van der Waals surface area contributed by atoms with E-state index < -0.39 is 5.60 Å². The van der Waals surface area contributed by atoms with Crippen molar-refractivity contribution in [3.05, 3.63) is 0 Å². The zero-order valence-corrected chi connectivity index (χ0v) is 12.9. The molecule has 0 aliphatic carbocycles. The zero-order valence-electron chi connectivity index (χ0n) is 12.9. The minimum atomic E-state index is -1.37. The van der Waals surface area contributed by atoms with Gasteiger partial charge in [-0.15, -0.1) is 0 Å². The molecular weight excluding hydrogens is 274 g/mol. The first kappa shape index (κ1) is 16.2. The van der Waals surface area contributed by atoms with Crippen molar-refractivity contribution < 1.29 is 19.4 Å². The molecule has 2 fully saturated rings. The molecular formula is C14H25N3O4. The van der Waals surface area contributed by atoms with Gasteiger partial charge < -0.3 is 19.6 Å². The van der Waals surface area contributed by atoms with E-state index in [4.69, 9.17) is 4.74 Å². The molecule has 2 aliphatic rings. The van der Waals surface area contributed by atoms with Crippen molar-refractivity contribution >= 4 is 11.8 Å². The van der Waals surface area contributed by atoms with Crippen LogP contribution in [0.15, 0.2) is 0 Å². The fraction of sp³-hybridized carbons (Fsp3) is 0.857. The van der Waals surface area contributed by atoms with Crippen LogP contribution in [0.3, 0.4) is 0 Å². The van der Waals surface area contributed by atoms with Crippen molar-refractivity contribution in [1.82, 2.24) is 14.7 Å². The van der Waals surface area contributed by atoms with Gasteiger partial charge in [-0.3, -0.25) is 14.5 Å². The number of aliphatic hydroxyl groups is 1. The summed E-state index contributed by atoms with van der Waals surface area (Å²) in [7, 11) is 3.36. The first-order valence-corrected chi connectivity index (χ1v) is 7.43. The Bertz CT molecular complexity index is 404. The molecule has 1 N–H and O–H groups in total. The van der Waals surface area contributed by atoms with Crippen LogP contribution in [-0.2, 0) is 14.3 Å². The van der Waals surface area contributed by atoms with Crippen molar-refractivity contribution in [3.8, 4) is 0 Å². The molecule has 0 aromatic rings. The first-order valence-electron chi connectivity index (χ1n) is 7.43. The number of piperazine rings is 1. The molecule has 0 spiro atoms. The average molecular weight is 299 g/mol. The third kappa shape index (κ3) is 3.72. The number of rotatable bonds is 5. The van der Waals surface area contributed by atoms with Crippen LogP contribution in [0.2, 0.25) is 0 Å². The number of hydrogen-bond acceptors (Lipinski definition) is 5. The van der Waals surface area contributed by atoms with Gasteiger partial charge in [0.2, 0.25) is 5.91 Å². The van der Waals surface area contributed by atoms with Gasteiger partial charge in [0.15, 0.2) is 5.60 Å². The Kier molecular flexibility index (Phi) is 5.18. The molecule has 21 heavy (non-hydrogen) atoms. The molecule has 2 saturated heterocycles. The van der Waals surface area contributed by atoms with E-state index in [2.05, 4.69) is 0 Å². The summed E-state index contributed by atoms with van der Waals surface area (Å²) >= 11 is 0. The molecule has 120 valence electrons. The van der Waals surface area contributed by atoms with Gasteiger partial charge in [-0.1, -0.05) is 0 Å². The van der Waals surface area contributed by atoms with Gasteiger partial charge in [0.25, 0.3) is 5.91 Å². The maximum absolute atomic E-state index is 12.5. The molecule has 7 nitrogen and oxygen atoms in total. The van der Waals surface area contributed by atoms with Crippen LogP contribution in [0.5, 0.6) is 0 Å². The Hall–Kier alpha value is -1.18. The zero-order chi connectivity index (χ0) is 15.5. The lowest BCUT2D eigenvalue weighted by molar-refractivity contribution is -0.162. The maximum Gasteiger partial charge on any atom is 0.255 e. The molecule has 2 heterocycles. The fourth-order valence-electron chi connectivity index (χ4n) is 2.94. The minimum absolute atomic E-state index is 0.0318. The Morgan fingerprint density at radius 1 is 1.29 bits per heavy atom. The fourth-order valence-corrected chi connectivity index (χ4v) is 2.94. The lowest BCUT2D eigenvalue weighted by Gasteiger charge is -2.42. The van der Waals surface area contributed by atoms with Gasteiger partial charge in [-0.25, -0.2) is 0 Å².